The minimum atomic E-state index is -1.82. The predicted octanol–water partition coefficient (Wildman–Crippen LogP) is 10.8. The van der Waals surface area contributed by atoms with Crippen molar-refractivity contribution in [2.24, 2.45) is 14.1 Å². The molecule has 3 N–H and O–H groups in total. The molecule has 0 saturated heterocycles. The normalized spacial score (nSPS) is 11.8. The number of rotatable bonds is 20. The van der Waals surface area contributed by atoms with Gasteiger partial charge in [-0.3, -0.25) is 9.59 Å². The number of hydrogen-bond donors (Lipinski definition) is 2. The molecule has 0 aliphatic heterocycles. The van der Waals surface area contributed by atoms with E-state index in [0.29, 0.717) is 70.0 Å². The Hall–Kier alpha value is -2.90. The fraction of sp³-hybridized carbons (Fsp3) is 0.522. The molecule has 0 atom stereocenters. The molecule has 0 aliphatic rings. The van der Waals surface area contributed by atoms with Crippen LogP contribution < -0.4 is 41.1 Å². The number of nitrogen functional groups attached to an aromatic ring is 1. The number of aromatic nitrogens is 2. The topological polar surface area (TPSA) is 156 Å². The van der Waals surface area contributed by atoms with Crippen molar-refractivity contribution in [1.82, 2.24) is 9.13 Å². The molecule has 0 radical (unpaired) electrons. The molecule has 4 aromatic rings. The van der Waals surface area contributed by atoms with Crippen LogP contribution in [-0.4, -0.2) is 92.8 Å². The van der Waals surface area contributed by atoms with Crippen LogP contribution >= 0.6 is 54.5 Å². The molecule has 0 bridgehead atoms. The van der Waals surface area contributed by atoms with Gasteiger partial charge in [-0.25, -0.2) is 0 Å². The van der Waals surface area contributed by atoms with Crippen LogP contribution in [0, 0.1) is 3.57 Å². The number of pyridine rings is 2. The lowest BCUT2D eigenvalue weighted by atomic mass is 10.2. The van der Waals surface area contributed by atoms with Gasteiger partial charge in [-0.1, -0.05) is 41.5 Å². The van der Waals surface area contributed by atoms with Crippen LogP contribution in [0.3, 0.4) is 0 Å². The number of hydrogen-bond acceptors (Lipinski definition) is 12. The fourth-order valence-electron chi connectivity index (χ4n) is 4.94. The second-order valence-corrected chi connectivity index (χ2v) is 30.7. The van der Waals surface area contributed by atoms with E-state index in [0.717, 1.165) is 29.7 Å². The van der Waals surface area contributed by atoms with E-state index in [-0.39, 0.29) is 26.9 Å². The molecule has 0 saturated carbocycles. The van der Waals surface area contributed by atoms with Crippen molar-refractivity contribution >= 4 is 88.1 Å². The molecule has 2 aromatic carbocycles. The summed E-state index contributed by atoms with van der Waals surface area (Å²) >= 11 is 8.89. The summed E-state index contributed by atoms with van der Waals surface area (Å²) in [6.07, 6.45) is 3.38. The number of methoxy groups -OCH3 is 2. The van der Waals surface area contributed by atoms with Gasteiger partial charge in [0.1, 0.15) is 32.1 Å². The Bertz CT molecular complexity index is 2190. The Kier molecular flexibility index (Phi) is 24.4. The maximum atomic E-state index is 12.4. The van der Waals surface area contributed by atoms with Crippen LogP contribution in [0.2, 0.25) is 36.3 Å². The van der Waals surface area contributed by atoms with Crippen LogP contribution in [0.15, 0.2) is 79.5 Å². The Balaban J connectivity index is 0.000000380. The number of ether oxygens (including phenoxy) is 6. The van der Waals surface area contributed by atoms with Crippen molar-refractivity contribution in [2.75, 3.05) is 78.1 Å². The molecular weight excluding hydrogens is 1110 g/mol. The number of anilines is 3. The van der Waals surface area contributed by atoms with Crippen molar-refractivity contribution in [3.63, 3.8) is 0 Å². The van der Waals surface area contributed by atoms with Gasteiger partial charge in [0.05, 0.1) is 32.1 Å². The number of aryl methyl sites for hydroxylation is 2. The lowest BCUT2D eigenvalue weighted by Crippen LogP contribution is -2.41. The highest BCUT2D eigenvalue weighted by atomic mass is 127. The van der Waals surface area contributed by atoms with E-state index < -0.39 is 16.6 Å². The largest absolute Gasteiger partial charge is 0.487 e. The Morgan fingerprint density at radius 3 is 1.48 bits per heavy atom. The lowest BCUT2D eigenvalue weighted by Gasteiger charge is -2.36. The smallest absolute Gasteiger partial charge is 0.274 e. The van der Waals surface area contributed by atoms with Gasteiger partial charge in [-0.2, -0.15) is 0 Å². The van der Waals surface area contributed by atoms with Crippen LogP contribution in [0.5, 0.6) is 23.0 Å². The average molecular weight is 1180 g/mol. The molecule has 0 fully saturated rings. The van der Waals surface area contributed by atoms with Crippen LogP contribution in [0.1, 0.15) is 41.5 Å². The van der Waals surface area contributed by atoms with E-state index in [2.05, 4.69) is 127 Å². The Labute approximate surface area is 418 Å². The third-order valence-electron chi connectivity index (χ3n) is 10.8. The van der Waals surface area contributed by atoms with Crippen molar-refractivity contribution < 1.29 is 37.3 Å². The highest BCUT2D eigenvalue weighted by molar-refractivity contribution is 14.1. The molecule has 0 aliphatic carbocycles. The summed E-state index contributed by atoms with van der Waals surface area (Å²) in [5.41, 5.74) is 6.51. The third kappa shape index (κ3) is 20.1. The highest BCUT2D eigenvalue weighted by Gasteiger charge is 2.37. The molecular formula is C46H71Br2IN4O10Si2. The summed E-state index contributed by atoms with van der Waals surface area (Å²) in [5, 5.41) is 3.53. The molecule has 65 heavy (non-hydrogen) atoms. The first kappa shape index (κ1) is 58.2. The molecule has 2 aromatic heterocycles. The maximum Gasteiger partial charge on any atom is 0.274 e. The molecule has 4 rings (SSSR count). The summed E-state index contributed by atoms with van der Waals surface area (Å²) in [4.78, 5) is 23.3. The molecule has 0 unspecified atom stereocenters. The maximum absolute atomic E-state index is 12.4. The van der Waals surface area contributed by atoms with Gasteiger partial charge in [-0.05, 0) is 133 Å². The van der Waals surface area contributed by atoms with Gasteiger partial charge in [0.25, 0.3) is 11.1 Å². The second-order valence-electron chi connectivity index (χ2n) is 18.0. The third-order valence-corrected chi connectivity index (χ3v) is 21.4. The van der Waals surface area contributed by atoms with E-state index in [9.17, 15) is 9.59 Å². The first-order valence-corrected chi connectivity index (χ1v) is 29.7. The highest BCUT2D eigenvalue weighted by Crippen LogP contribution is 2.38. The molecule has 2 heterocycles. The zero-order valence-corrected chi connectivity index (χ0v) is 47.9. The van der Waals surface area contributed by atoms with Crippen molar-refractivity contribution in [3.05, 3.63) is 94.1 Å². The SMILES string of the molecule is COCCOc1cc(I)ccc1OCCO[Si](C)(C)C(C)(C)C.COCCOc1cc(Nc2cc(Br)cn(C)c2=O)ccc1OCCO[Si](C)(C)C(C)(C)C.Cn1cc(Br)cc(N)c1=O. The van der Waals surface area contributed by atoms with Crippen molar-refractivity contribution in [2.45, 2.75) is 77.8 Å². The number of halogens is 3. The number of nitrogens with one attached hydrogen (secondary N) is 1. The summed E-state index contributed by atoms with van der Waals surface area (Å²) in [6.45, 7) is 26.3. The molecule has 364 valence electrons. The Morgan fingerprint density at radius 2 is 1.02 bits per heavy atom. The molecule has 0 spiro atoms. The Morgan fingerprint density at radius 1 is 0.600 bits per heavy atom. The van der Waals surface area contributed by atoms with Crippen LogP contribution in [0.4, 0.5) is 17.1 Å². The van der Waals surface area contributed by atoms with Crippen molar-refractivity contribution in [1.29, 1.82) is 0 Å². The monoisotopic (exact) mass is 1180 g/mol. The standard InChI is InChI=1S/C23H35BrN2O5Si.C17H29IO4Si.C6H7BrN2O/c1-23(2,3)32(6,7)31-13-12-29-20-9-8-18(15-21(20)30-11-10-28-5)25-19-14-17(24)16-26(4)22(19)27;1-17(2,3)23(5,6)22-12-11-20-15-8-7-14(18)13-16(15)21-10-9-19-4;1-9-3-4(7)2-5(8)6(9)10/h8-9,14-16,25H,10-13H2,1-7H3;7-8,13H,9-12H2,1-6H3;2-3H,8H2,1H3. The van der Waals surface area contributed by atoms with E-state index in [4.69, 9.17) is 43.0 Å². The minimum absolute atomic E-state index is 0.127. The first-order valence-electron chi connectivity index (χ1n) is 21.2. The molecule has 14 nitrogen and oxygen atoms in total. The summed E-state index contributed by atoms with van der Waals surface area (Å²) in [5.74, 6) is 2.69. The van der Waals surface area contributed by atoms with Gasteiger partial charge < -0.3 is 57.5 Å². The van der Waals surface area contributed by atoms with E-state index in [1.807, 2.05) is 36.4 Å². The molecule has 0 amide bonds. The van der Waals surface area contributed by atoms with Crippen LogP contribution in [0.25, 0.3) is 0 Å². The van der Waals surface area contributed by atoms with Gasteiger partial charge in [0.2, 0.25) is 0 Å². The van der Waals surface area contributed by atoms with Gasteiger partial charge in [0, 0.05) is 65.0 Å². The zero-order valence-electron chi connectivity index (χ0n) is 40.6. The van der Waals surface area contributed by atoms with E-state index in [1.54, 1.807) is 52.8 Å². The minimum Gasteiger partial charge on any atom is -0.487 e. The predicted molar refractivity (Wildman–Crippen MR) is 284 cm³/mol. The molecule has 19 heteroatoms. The fourth-order valence-corrected chi connectivity index (χ4v) is 8.55. The van der Waals surface area contributed by atoms with Gasteiger partial charge >= 0.3 is 0 Å². The van der Waals surface area contributed by atoms with Gasteiger partial charge in [-0.15, -0.1) is 0 Å². The quantitative estimate of drug-likeness (QED) is 0.0491. The second kappa shape index (κ2) is 27.2. The van der Waals surface area contributed by atoms with Crippen LogP contribution in [-0.2, 0) is 32.4 Å². The summed E-state index contributed by atoms with van der Waals surface area (Å²) < 4.78 is 51.5. The zero-order chi connectivity index (χ0) is 49.2. The van der Waals surface area contributed by atoms with E-state index in [1.165, 1.54) is 9.13 Å². The number of nitrogens with two attached hydrogens (primary N) is 1. The van der Waals surface area contributed by atoms with Crippen molar-refractivity contribution in [3.8, 4) is 23.0 Å². The lowest BCUT2D eigenvalue weighted by molar-refractivity contribution is 0.141. The van der Waals surface area contributed by atoms with E-state index >= 15 is 0 Å². The average Bonchev–Trinajstić information content (AvgIpc) is 3.20. The number of nitrogens with zero attached hydrogens (tertiary/aromatic N) is 2. The summed E-state index contributed by atoms with van der Waals surface area (Å²) in [6, 6.07) is 14.8. The number of benzene rings is 2. The first-order chi connectivity index (χ1) is 30.2. The summed E-state index contributed by atoms with van der Waals surface area (Å²) in [7, 11) is 3.11. The van der Waals surface area contributed by atoms with Gasteiger partial charge in [0.15, 0.2) is 39.6 Å².